The number of halogens is 3. The Morgan fingerprint density at radius 3 is 2.43 bits per heavy atom. The molecule has 0 spiro atoms. The predicted molar refractivity (Wildman–Crippen MR) is 104 cm³/mol. The van der Waals surface area contributed by atoms with Crippen molar-refractivity contribution in [2.45, 2.75) is 55.1 Å². The molecule has 2 amide bonds. The van der Waals surface area contributed by atoms with Gasteiger partial charge in [0.05, 0.1) is 6.61 Å². The second kappa shape index (κ2) is 10.7. The number of methoxy groups -OCH3 is 1. The zero-order chi connectivity index (χ0) is 21.5. The van der Waals surface area contributed by atoms with E-state index in [1.165, 1.54) is 12.1 Å². The molecular weight excluding hydrogens is 437 g/mol. The first-order chi connectivity index (χ1) is 12.8. The summed E-state index contributed by atoms with van der Waals surface area (Å²) in [6.07, 6.45) is 0.230. The first-order valence-corrected chi connectivity index (χ1v) is 9.75. The van der Waals surface area contributed by atoms with Crippen molar-refractivity contribution in [1.82, 2.24) is 15.8 Å². The fraction of sp³-hybridized carbons (Fsp3) is 0.812. The van der Waals surface area contributed by atoms with E-state index in [0.717, 1.165) is 0 Å². The van der Waals surface area contributed by atoms with E-state index in [1.54, 1.807) is 20.8 Å². The fourth-order valence-corrected chi connectivity index (χ4v) is 2.51. The Kier molecular flexibility index (Phi) is 9.55. The van der Waals surface area contributed by atoms with Crippen molar-refractivity contribution in [1.29, 1.82) is 0 Å². The third kappa shape index (κ3) is 9.47. The van der Waals surface area contributed by atoms with Gasteiger partial charge in [-0.2, -0.15) is 0 Å². The molecule has 0 bridgehead atoms. The lowest BCUT2D eigenvalue weighted by Crippen LogP contribution is -2.61. The van der Waals surface area contributed by atoms with Gasteiger partial charge in [-0.1, -0.05) is 34.8 Å². The lowest BCUT2D eigenvalue weighted by molar-refractivity contribution is -0.152. The Hall–Kier alpha value is -1.00. The molecule has 1 fully saturated rings. The Balaban J connectivity index is 2.70. The maximum atomic E-state index is 12.8. The first-order valence-electron chi connectivity index (χ1n) is 8.62. The van der Waals surface area contributed by atoms with Crippen LogP contribution in [0.25, 0.3) is 0 Å². The van der Waals surface area contributed by atoms with Gasteiger partial charge in [0.1, 0.15) is 24.3 Å². The quantitative estimate of drug-likeness (QED) is 0.459. The number of nitrogens with one attached hydrogen (secondary N) is 2. The van der Waals surface area contributed by atoms with Crippen LogP contribution in [0.15, 0.2) is 0 Å². The third-order valence-electron chi connectivity index (χ3n) is 3.44. The number of esters is 1. The molecule has 0 aliphatic carbocycles. The Bertz CT molecular complexity index is 565. The summed E-state index contributed by atoms with van der Waals surface area (Å²) in [6.45, 7) is 4.98. The highest BCUT2D eigenvalue weighted by molar-refractivity contribution is 6.67. The zero-order valence-corrected chi connectivity index (χ0v) is 18.5. The molecule has 1 rings (SSSR count). The van der Waals surface area contributed by atoms with Crippen molar-refractivity contribution in [3.63, 3.8) is 0 Å². The molecule has 1 saturated heterocycles. The number of rotatable bonds is 6. The molecule has 0 aromatic heterocycles. The van der Waals surface area contributed by atoms with Crippen LogP contribution in [0.1, 0.15) is 33.6 Å². The number of hydrazine groups is 1. The number of hydrogen-bond donors (Lipinski definition) is 2. The van der Waals surface area contributed by atoms with Gasteiger partial charge in [0, 0.05) is 13.7 Å². The van der Waals surface area contributed by atoms with Crippen LogP contribution in [-0.4, -0.2) is 71.3 Å². The Morgan fingerprint density at radius 2 is 1.89 bits per heavy atom. The van der Waals surface area contributed by atoms with Gasteiger partial charge < -0.3 is 19.5 Å². The number of ether oxygens (including phenoxy) is 3. The summed E-state index contributed by atoms with van der Waals surface area (Å²) in [7, 11) is 1.40. The number of carbonyl (C=O) groups is 3. The molecule has 2 N–H and O–H groups in total. The minimum absolute atomic E-state index is 0.0708. The SMILES string of the molecule is COCC(NC(=O)OC(C)(C)C)C(=O)N1CCCC(C(=O)OCC(Cl)(Cl)Cl)N1. The van der Waals surface area contributed by atoms with Crippen LogP contribution in [0.2, 0.25) is 0 Å². The van der Waals surface area contributed by atoms with Crippen molar-refractivity contribution >= 4 is 52.8 Å². The van der Waals surface area contributed by atoms with Gasteiger partial charge in [-0.05, 0) is 33.6 Å². The van der Waals surface area contributed by atoms with Crippen LogP contribution in [-0.2, 0) is 23.8 Å². The molecule has 2 unspecified atom stereocenters. The average molecular weight is 463 g/mol. The standard InChI is InChI=1S/C16H26Cl3N3O6/c1-15(2,3)28-14(25)20-11(8-26-4)12(23)22-7-5-6-10(21-22)13(24)27-9-16(17,18)19/h10-11,21H,5-9H2,1-4H3,(H,20,25). The summed E-state index contributed by atoms with van der Waals surface area (Å²) in [6, 6.07) is -1.78. The van der Waals surface area contributed by atoms with Crippen LogP contribution in [0.5, 0.6) is 0 Å². The highest BCUT2D eigenvalue weighted by Gasteiger charge is 2.34. The molecular formula is C16H26Cl3N3O6. The minimum Gasteiger partial charge on any atom is -0.460 e. The summed E-state index contributed by atoms with van der Waals surface area (Å²) in [5.74, 6) is -1.13. The van der Waals surface area contributed by atoms with E-state index in [4.69, 9.17) is 49.0 Å². The molecule has 162 valence electrons. The Morgan fingerprint density at radius 1 is 1.25 bits per heavy atom. The van der Waals surface area contributed by atoms with E-state index in [0.29, 0.717) is 19.4 Å². The number of nitrogens with zero attached hydrogens (tertiary/aromatic N) is 1. The predicted octanol–water partition coefficient (Wildman–Crippen LogP) is 1.94. The van der Waals surface area contributed by atoms with E-state index < -0.39 is 46.1 Å². The second-order valence-electron chi connectivity index (χ2n) is 7.19. The van der Waals surface area contributed by atoms with Crippen LogP contribution in [0.3, 0.4) is 0 Å². The van der Waals surface area contributed by atoms with Crippen molar-refractivity contribution in [2.75, 3.05) is 26.9 Å². The molecule has 0 aromatic rings. The molecule has 1 aliphatic rings. The number of amides is 2. The first kappa shape index (κ1) is 25.0. The summed E-state index contributed by atoms with van der Waals surface area (Å²) in [4.78, 5) is 36.9. The molecule has 1 aliphatic heterocycles. The summed E-state index contributed by atoms with van der Waals surface area (Å²) in [5.41, 5.74) is 2.07. The maximum absolute atomic E-state index is 12.8. The van der Waals surface area contributed by atoms with Gasteiger partial charge in [0.25, 0.3) is 5.91 Å². The molecule has 0 aromatic carbocycles. The molecule has 0 saturated carbocycles. The van der Waals surface area contributed by atoms with Gasteiger partial charge in [0.2, 0.25) is 3.79 Å². The molecule has 1 heterocycles. The van der Waals surface area contributed by atoms with Crippen LogP contribution < -0.4 is 10.7 Å². The number of alkyl carbamates (subject to hydrolysis) is 1. The maximum Gasteiger partial charge on any atom is 0.408 e. The summed E-state index contributed by atoms with van der Waals surface area (Å²) >= 11 is 16.7. The van der Waals surface area contributed by atoms with E-state index in [1.807, 2.05) is 0 Å². The van der Waals surface area contributed by atoms with Crippen LogP contribution >= 0.6 is 34.8 Å². The topological polar surface area (TPSA) is 106 Å². The van der Waals surface area contributed by atoms with E-state index in [2.05, 4.69) is 10.7 Å². The van der Waals surface area contributed by atoms with E-state index in [9.17, 15) is 14.4 Å². The van der Waals surface area contributed by atoms with Gasteiger partial charge >= 0.3 is 12.1 Å². The number of alkyl halides is 3. The van der Waals surface area contributed by atoms with Gasteiger partial charge in [-0.3, -0.25) is 14.6 Å². The van der Waals surface area contributed by atoms with Gasteiger partial charge in [-0.15, -0.1) is 0 Å². The highest BCUT2D eigenvalue weighted by atomic mass is 35.6. The second-order valence-corrected chi connectivity index (χ2v) is 9.71. The Labute approximate surface area is 179 Å². The number of carbonyl (C=O) groups excluding carboxylic acids is 3. The zero-order valence-electron chi connectivity index (χ0n) is 16.2. The molecule has 12 heteroatoms. The van der Waals surface area contributed by atoms with Crippen LogP contribution in [0, 0.1) is 0 Å². The average Bonchev–Trinajstić information content (AvgIpc) is 2.56. The third-order valence-corrected chi connectivity index (χ3v) is 3.76. The monoisotopic (exact) mass is 461 g/mol. The smallest absolute Gasteiger partial charge is 0.408 e. The van der Waals surface area contributed by atoms with Crippen LogP contribution in [0.4, 0.5) is 4.79 Å². The fourth-order valence-electron chi connectivity index (χ4n) is 2.35. The lowest BCUT2D eigenvalue weighted by atomic mass is 10.1. The normalized spacial score (nSPS) is 19.0. The van der Waals surface area contributed by atoms with Crippen molar-refractivity contribution in [2.24, 2.45) is 0 Å². The largest absolute Gasteiger partial charge is 0.460 e. The van der Waals surface area contributed by atoms with E-state index >= 15 is 0 Å². The van der Waals surface area contributed by atoms with Crippen molar-refractivity contribution in [3.8, 4) is 0 Å². The summed E-state index contributed by atoms with van der Waals surface area (Å²) in [5, 5.41) is 3.72. The lowest BCUT2D eigenvalue weighted by Gasteiger charge is -2.35. The van der Waals surface area contributed by atoms with Crippen molar-refractivity contribution < 1.29 is 28.6 Å². The highest BCUT2D eigenvalue weighted by Crippen LogP contribution is 2.26. The molecule has 9 nitrogen and oxygen atoms in total. The van der Waals surface area contributed by atoms with Gasteiger partial charge in [-0.25, -0.2) is 10.2 Å². The summed E-state index contributed by atoms with van der Waals surface area (Å²) < 4.78 is 13.4. The molecule has 2 atom stereocenters. The van der Waals surface area contributed by atoms with Crippen molar-refractivity contribution in [3.05, 3.63) is 0 Å². The molecule has 28 heavy (non-hydrogen) atoms. The molecule has 0 radical (unpaired) electrons. The minimum atomic E-state index is -1.72. The van der Waals surface area contributed by atoms with Gasteiger partial charge in [0.15, 0.2) is 0 Å². The number of hydrogen-bond acceptors (Lipinski definition) is 7. The van der Waals surface area contributed by atoms with E-state index in [-0.39, 0.29) is 6.61 Å².